The Kier molecular flexibility index (Phi) is 7.30. The van der Waals surface area contributed by atoms with Crippen LogP contribution in [0, 0.1) is 5.92 Å². The van der Waals surface area contributed by atoms with Gasteiger partial charge in [0.25, 0.3) is 0 Å². The Morgan fingerprint density at radius 3 is 2.26 bits per heavy atom. The fourth-order valence-corrected chi connectivity index (χ4v) is 5.03. The fourth-order valence-electron chi connectivity index (χ4n) is 4.13. The summed E-state index contributed by atoms with van der Waals surface area (Å²) in [6.07, 6.45) is 5.24. The van der Waals surface area contributed by atoms with E-state index < -0.39 is 10.0 Å². The minimum atomic E-state index is -3.43. The SMILES string of the molecule is CC(NC(=O)CC1CC2CCC(C1)N2)c1ccc(S(=O)(=O)N(C)C)cc1.Cl. The highest BCUT2D eigenvalue weighted by Gasteiger charge is 2.34. The highest BCUT2D eigenvalue weighted by molar-refractivity contribution is 7.89. The molecule has 152 valence electrons. The Hall–Kier alpha value is -1.15. The predicted molar refractivity (Wildman–Crippen MR) is 108 cm³/mol. The van der Waals surface area contributed by atoms with Gasteiger partial charge in [-0.15, -0.1) is 12.4 Å². The third-order valence-electron chi connectivity index (χ3n) is 5.58. The van der Waals surface area contributed by atoms with E-state index in [0.29, 0.717) is 24.4 Å². The Labute approximate surface area is 168 Å². The summed E-state index contributed by atoms with van der Waals surface area (Å²) in [5.74, 6) is 0.544. The molecule has 3 rings (SSSR count). The molecule has 1 amide bonds. The summed E-state index contributed by atoms with van der Waals surface area (Å²) in [6.45, 7) is 1.93. The average molecular weight is 416 g/mol. The molecule has 2 N–H and O–H groups in total. The van der Waals surface area contributed by atoms with Crippen molar-refractivity contribution >= 4 is 28.3 Å². The van der Waals surface area contributed by atoms with Crippen molar-refractivity contribution in [1.82, 2.24) is 14.9 Å². The zero-order valence-electron chi connectivity index (χ0n) is 16.1. The van der Waals surface area contributed by atoms with Gasteiger partial charge in [0.05, 0.1) is 10.9 Å². The highest BCUT2D eigenvalue weighted by atomic mass is 35.5. The van der Waals surface area contributed by atoms with E-state index in [0.717, 1.165) is 18.4 Å². The molecule has 1 aromatic carbocycles. The van der Waals surface area contributed by atoms with Crippen LogP contribution in [0.1, 0.15) is 50.6 Å². The summed E-state index contributed by atoms with van der Waals surface area (Å²) >= 11 is 0. The number of sulfonamides is 1. The molecule has 2 fully saturated rings. The monoisotopic (exact) mass is 415 g/mol. The molecule has 2 heterocycles. The number of hydrogen-bond donors (Lipinski definition) is 2. The second-order valence-electron chi connectivity index (χ2n) is 7.83. The van der Waals surface area contributed by atoms with Gasteiger partial charge in [0.2, 0.25) is 15.9 Å². The first kappa shape index (κ1) is 22.1. The summed E-state index contributed by atoms with van der Waals surface area (Å²) in [4.78, 5) is 12.7. The number of rotatable bonds is 6. The Morgan fingerprint density at radius 1 is 1.19 bits per heavy atom. The maximum Gasteiger partial charge on any atom is 0.242 e. The van der Waals surface area contributed by atoms with Gasteiger partial charge in [0.15, 0.2) is 0 Å². The van der Waals surface area contributed by atoms with Crippen LogP contribution in [0.25, 0.3) is 0 Å². The van der Waals surface area contributed by atoms with Crippen LogP contribution in [-0.2, 0) is 14.8 Å². The van der Waals surface area contributed by atoms with Crippen molar-refractivity contribution in [2.45, 2.75) is 62.0 Å². The second kappa shape index (κ2) is 8.90. The molecule has 2 saturated heterocycles. The first-order chi connectivity index (χ1) is 12.3. The van der Waals surface area contributed by atoms with Crippen molar-refractivity contribution < 1.29 is 13.2 Å². The fraction of sp³-hybridized carbons (Fsp3) is 0.632. The second-order valence-corrected chi connectivity index (χ2v) is 9.98. The number of nitrogens with zero attached hydrogens (tertiary/aromatic N) is 1. The van der Waals surface area contributed by atoms with Gasteiger partial charge < -0.3 is 10.6 Å². The minimum absolute atomic E-state index is 0. The van der Waals surface area contributed by atoms with Crippen LogP contribution in [0.2, 0.25) is 0 Å². The molecular formula is C19H30ClN3O3S. The van der Waals surface area contributed by atoms with Crippen LogP contribution in [0.4, 0.5) is 0 Å². The smallest absolute Gasteiger partial charge is 0.242 e. The van der Waals surface area contributed by atoms with Crippen molar-refractivity contribution in [3.8, 4) is 0 Å². The molecule has 8 heteroatoms. The van der Waals surface area contributed by atoms with Gasteiger partial charge in [-0.25, -0.2) is 12.7 Å². The van der Waals surface area contributed by atoms with Crippen molar-refractivity contribution in [2.24, 2.45) is 5.92 Å². The number of carbonyl (C=O) groups excluding carboxylic acids is 1. The van der Waals surface area contributed by atoms with E-state index in [4.69, 9.17) is 0 Å². The van der Waals surface area contributed by atoms with Crippen LogP contribution in [0.5, 0.6) is 0 Å². The van der Waals surface area contributed by atoms with E-state index in [-0.39, 0.29) is 29.3 Å². The highest BCUT2D eigenvalue weighted by Crippen LogP contribution is 2.32. The zero-order chi connectivity index (χ0) is 18.9. The number of halogens is 1. The molecule has 0 spiro atoms. The number of nitrogens with one attached hydrogen (secondary N) is 2. The third kappa shape index (κ3) is 5.22. The summed E-state index contributed by atoms with van der Waals surface area (Å²) in [5, 5.41) is 6.66. The Morgan fingerprint density at radius 2 is 1.74 bits per heavy atom. The Balaban J connectivity index is 0.00000261. The molecule has 1 aromatic rings. The summed E-state index contributed by atoms with van der Waals surface area (Å²) in [5.41, 5.74) is 0.904. The van der Waals surface area contributed by atoms with Crippen molar-refractivity contribution in [3.63, 3.8) is 0 Å². The normalized spacial score (nSPS) is 25.7. The maximum atomic E-state index is 12.4. The first-order valence-corrected chi connectivity index (χ1v) is 10.8. The van der Waals surface area contributed by atoms with Gasteiger partial charge in [-0.1, -0.05) is 12.1 Å². The molecule has 0 saturated carbocycles. The van der Waals surface area contributed by atoms with E-state index in [2.05, 4.69) is 10.6 Å². The quantitative estimate of drug-likeness (QED) is 0.748. The number of amides is 1. The van der Waals surface area contributed by atoms with Gasteiger partial charge in [-0.2, -0.15) is 0 Å². The van der Waals surface area contributed by atoms with Gasteiger partial charge in [0, 0.05) is 32.6 Å². The zero-order valence-corrected chi connectivity index (χ0v) is 17.8. The van der Waals surface area contributed by atoms with Crippen LogP contribution >= 0.6 is 12.4 Å². The largest absolute Gasteiger partial charge is 0.350 e. The maximum absolute atomic E-state index is 12.4. The lowest BCUT2D eigenvalue weighted by atomic mass is 9.89. The molecule has 3 unspecified atom stereocenters. The number of fused-ring (bicyclic) bond motifs is 2. The number of hydrogen-bond acceptors (Lipinski definition) is 4. The molecule has 3 atom stereocenters. The van der Waals surface area contributed by atoms with E-state index in [9.17, 15) is 13.2 Å². The van der Waals surface area contributed by atoms with E-state index in [1.165, 1.54) is 31.2 Å². The van der Waals surface area contributed by atoms with E-state index in [1.54, 1.807) is 24.3 Å². The van der Waals surface area contributed by atoms with Crippen LogP contribution in [0.3, 0.4) is 0 Å². The minimum Gasteiger partial charge on any atom is -0.350 e. The van der Waals surface area contributed by atoms with Crippen LogP contribution < -0.4 is 10.6 Å². The van der Waals surface area contributed by atoms with E-state index in [1.807, 2.05) is 6.92 Å². The molecule has 0 aliphatic carbocycles. The Bertz CT molecular complexity index is 740. The summed E-state index contributed by atoms with van der Waals surface area (Å²) in [7, 11) is -0.400. The average Bonchev–Trinajstić information content (AvgIpc) is 2.93. The number of benzene rings is 1. The van der Waals surface area contributed by atoms with Gasteiger partial charge in [-0.3, -0.25) is 4.79 Å². The van der Waals surface area contributed by atoms with Crippen molar-refractivity contribution in [3.05, 3.63) is 29.8 Å². The first-order valence-electron chi connectivity index (χ1n) is 9.33. The summed E-state index contributed by atoms with van der Waals surface area (Å²) < 4.78 is 25.4. The molecular weight excluding hydrogens is 386 g/mol. The van der Waals surface area contributed by atoms with Gasteiger partial charge in [-0.05, 0) is 56.2 Å². The van der Waals surface area contributed by atoms with Gasteiger partial charge in [0.1, 0.15) is 0 Å². The molecule has 0 aromatic heterocycles. The van der Waals surface area contributed by atoms with Crippen molar-refractivity contribution in [2.75, 3.05) is 14.1 Å². The van der Waals surface area contributed by atoms with E-state index >= 15 is 0 Å². The predicted octanol–water partition coefficient (Wildman–Crippen LogP) is 2.46. The molecule has 0 radical (unpaired) electrons. The van der Waals surface area contributed by atoms with Gasteiger partial charge >= 0.3 is 0 Å². The molecule has 2 aliphatic rings. The molecule has 27 heavy (non-hydrogen) atoms. The topological polar surface area (TPSA) is 78.5 Å². The summed E-state index contributed by atoms with van der Waals surface area (Å²) in [6, 6.07) is 7.77. The van der Waals surface area contributed by atoms with Crippen LogP contribution in [0.15, 0.2) is 29.2 Å². The molecule has 2 bridgehead atoms. The lowest BCUT2D eigenvalue weighted by Crippen LogP contribution is -2.40. The molecule has 2 aliphatic heterocycles. The standard InChI is InChI=1S/C19H29N3O3S.ClH/c1-13(15-4-8-18(9-5-15)26(24,25)22(2)3)20-19(23)12-14-10-16-6-7-17(11-14)21-16;/h4-5,8-9,13-14,16-17,21H,6-7,10-12H2,1-3H3,(H,20,23);1H. The molecule has 6 nitrogen and oxygen atoms in total. The van der Waals surface area contributed by atoms with Crippen molar-refractivity contribution in [1.29, 1.82) is 0 Å². The number of carbonyl (C=O) groups is 1. The van der Waals surface area contributed by atoms with Crippen LogP contribution in [-0.4, -0.2) is 44.8 Å². The third-order valence-corrected chi connectivity index (χ3v) is 7.41. The lowest BCUT2D eigenvalue weighted by Gasteiger charge is -2.29. The lowest BCUT2D eigenvalue weighted by molar-refractivity contribution is -0.122. The number of piperidine rings is 1.